The van der Waals surface area contributed by atoms with E-state index in [1.165, 1.54) is 0 Å². The van der Waals surface area contributed by atoms with E-state index in [1.54, 1.807) is 4.52 Å². The van der Waals surface area contributed by atoms with Gasteiger partial charge in [-0.05, 0) is 25.5 Å². The lowest BCUT2D eigenvalue weighted by atomic mass is 10.0. The molecule has 0 N–H and O–H groups in total. The summed E-state index contributed by atoms with van der Waals surface area (Å²) in [5.74, 6) is 1.89. The van der Waals surface area contributed by atoms with Gasteiger partial charge in [0.05, 0.1) is 18.6 Å². The van der Waals surface area contributed by atoms with Crippen LogP contribution >= 0.6 is 0 Å². The minimum absolute atomic E-state index is 0.0307. The van der Waals surface area contributed by atoms with Crippen molar-refractivity contribution in [3.05, 3.63) is 18.0 Å². The average Bonchev–Trinajstić information content (AvgIpc) is 3.15. The zero-order chi connectivity index (χ0) is 16.0. The molecule has 0 aliphatic carbocycles. The molecule has 23 heavy (non-hydrogen) atoms. The summed E-state index contributed by atoms with van der Waals surface area (Å²) in [7, 11) is 1.89. The highest BCUT2D eigenvalue weighted by atomic mass is 16.5. The lowest BCUT2D eigenvalue weighted by Crippen LogP contribution is -2.61. The van der Waals surface area contributed by atoms with Crippen LogP contribution in [-0.2, 0) is 9.53 Å². The Bertz CT molecular complexity index is 733. The molecule has 8 nitrogen and oxygen atoms in total. The van der Waals surface area contributed by atoms with Crippen LogP contribution < -0.4 is 4.90 Å². The van der Waals surface area contributed by atoms with Gasteiger partial charge in [-0.3, -0.25) is 4.79 Å². The van der Waals surface area contributed by atoms with Crippen molar-refractivity contribution in [2.45, 2.75) is 19.4 Å². The van der Waals surface area contributed by atoms with Gasteiger partial charge >= 0.3 is 0 Å². The third-order valence-corrected chi connectivity index (χ3v) is 4.77. The van der Waals surface area contributed by atoms with Gasteiger partial charge in [-0.25, -0.2) is 0 Å². The Balaban J connectivity index is 1.41. The van der Waals surface area contributed by atoms with Gasteiger partial charge in [0.1, 0.15) is 5.82 Å². The third-order valence-electron chi connectivity index (χ3n) is 4.77. The molecule has 0 bridgehead atoms. The van der Waals surface area contributed by atoms with Crippen LogP contribution in [0.3, 0.4) is 0 Å². The molecule has 4 heterocycles. The molecule has 2 fully saturated rings. The fraction of sp³-hybridized carbons (Fsp3) is 0.600. The van der Waals surface area contributed by atoms with Crippen molar-refractivity contribution in [3.8, 4) is 0 Å². The predicted molar refractivity (Wildman–Crippen MR) is 83.2 cm³/mol. The van der Waals surface area contributed by atoms with Crippen LogP contribution in [0, 0.1) is 12.8 Å². The monoisotopic (exact) mass is 316 g/mol. The standard InChI is InChI=1S/C15H20N6O2/c1-10-16-17-13-3-4-14(18-21(10)13)20-7-12(8-20)19(2)15(22)11-5-6-23-9-11/h3-4,11-12H,5-9H2,1-2H3. The van der Waals surface area contributed by atoms with E-state index >= 15 is 0 Å². The van der Waals surface area contributed by atoms with Gasteiger partial charge in [0.25, 0.3) is 0 Å². The van der Waals surface area contributed by atoms with E-state index in [0.29, 0.717) is 13.2 Å². The fourth-order valence-corrected chi connectivity index (χ4v) is 3.14. The predicted octanol–water partition coefficient (Wildman–Crippen LogP) is 0.116. The SMILES string of the molecule is Cc1nnc2ccc(N3CC(N(C)C(=O)C4CCOC4)C3)nn12. The lowest BCUT2D eigenvalue weighted by molar-refractivity contribution is -0.136. The summed E-state index contributed by atoms with van der Waals surface area (Å²) in [6.45, 7) is 4.74. The first kappa shape index (κ1) is 14.4. The second-order valence-corrected chi connectivity index (χ2v) is 6.28. The van der Waals surface area contributed by atoms with E-state index in [0.717, 1.165) is 36.8 Å². The van der Waals surface area contributed by atoms with Crippen molar-refractivity contribution in [1.82, 2.24) is 24.7 Å². The number of likely N-dealkylation sites (N-methyl/N-ethyl adjacent to an activating group) is 1. The van der Waals surface area contributed by atoms with Gasteiger partial charge in [-0.15, -0.1) is 15.3 Å². The molecular formula is C15H20N6O2. The molecule has 0 saturated carbocycles. The largest absolute Gasteiger partial charge is 0.381 e. The van der Waals surface area contributed by atoms with E-state index in [9.17, 15) is 4.79 Å². The number of hydrogen-bond donors (Lipinski definition) is 0. The number of ether oxygens (including phenoxy) is 1. The Kier molecular flexibility index (Phi) is 3.41. The summed E-state index contributed by atoms with van der Waals surface area (Å²) < 4.78 is 7.06. The van der Waals surface area contributed by atoms with Crippen molar-refractivity contribution in [3.63, 3.8) is 0 Å². The number of nitrogens with zero attached hydrogens (tertiary/aromatic N) is 6. The van der Waals surface area contributed by atoms with Gasteiger partial charge in [0.2, 0.25) is 5.91 Å². The van der Waals surface area contributed by atoms with E-state index in [4.69, 9.17) is 4.74 Å². The Morgan fingerprint density at radius 1 is 1.35 bits per heavy atom. The first-order valence-corrected chi connectivity index (χ1v) is 7.92. The molecule has 2 saturated heterocycles. The average molecular weight is 316 g/mol. The van der Waals surface area contributed by atoms with Gasteiger partial charge in [-0.2, -0.15) is 4.52 Å². The number of rotatable bonds is 3. The summed E-state index contributed by atoms with van der Waals surface area (Å²) in [6.07, 6.45) is 0.838. The molecule has 1 atom stereocenters. The number of fused-ring (bicyclic) bond motifs is 1. The van der Waals surface area contributed by atoms with Crippen molar-refractivity contribution >= 4 is 17.4 Å². The van der Waals surface area contributed by atoms with E-state index in [2.05, 4.69) is 20.2 Å². The van der Waals surface area contributed by atoms with E-state index < -0.39 is 0 Å². The third kappa shape index (κ3) is 2.42. The van der Waals surface area contributed by atoms with Gasteiger partial charge in [0, 0.05) is 26.7 Å². The highest BCUT2D eigenvalue weighted by molar-refractivity contribution is 5.79. The summed E-state index contributed by atoms with van der Waals surface area (Å²) in [6, 6.07) is 4.11. The van der Waals surface area contributed by atoms with Crippen LogP contribution in [-0.4, -0.2) is 70.0 Å². The van der Waals surface area contributed by atoms with Crippen LogP contribution in [0.15, 0.2) is 12.1 Å². The Hall–Kier alpha value is -2.22. The summed E-state index contributed by atoms with van der Waals surface area (Å²) in [5, 5.41) is 12.6. The number of carbonyl (C=O) groups is 1. The second kappa shape index (κ2) is 5.45. The maximum atomic E-state index is 12.4. The van der Waals surface area contributed by atoms with Crippen LogP contribution in [0.5, 0.6) is 0 Å². The fourth-order valence-electron chi connectivity index (χ4n) is 3.14. The molecule has 0 radical (unpaired) electrons. The van der Waals surface area contributed by atoms with E-state index in [1.807, 2.05) is 31.0 Å². The number of amides is 1. The van der Waals surface area contributed by atoms with Crippen molar-refractivity contribution in [1.29, 1.82) is 0 Å². The maximum absolute atomic E-state index is 12.4. The molecule has 2 aromatic rings. The molecule has 0 spiro atoms. The Morgan fingerprint density at radius 2 is 2.17 bits per heavy atom. The number of aromatic nitrogens is 4. The number of aryl methyl sites for hydroxylation is 1. The molecule has 4 rings (SSSR count). The zero-order valence-electron chi connectivity index (χ0n) is 13.3. The van der Waals surface area contributed by atoms with Gasteiger partial charge in [-0.1, -0.05) is 0 Å². The minimum Gasteiger partial charge on any atom is -0.381 e. The lowest BCUT2D eigenvalue weighted by Gasteiger charge is -2.45. The highest BCUT2D eigenvalue weighted by Crippen LogP contribution is 2.24. The minimum atomic E-state index is 0.0307. The molecule has 2 aromatic heterocycles. The molecule has 2 aliphatic heterocycles. The Morgan fingerprint density at radius 3 is 2.91 bits per heavy atom. The maximum Gasteiger partial charge on any atom is 0.228 e. The summed E-state index contributed by atoms with van der Waals surface area (Å²) in [5.41, 5.74) is 0.747. The topological polar surface area (TPSA) is 75.9 Å². The van der Waals surface area contributed by atoms with Crippen LogP contribution in [0.25, 0.3) is 5.65 Å². The normalized spacial score (nSPS) is 21.7. The first-order chi connectivity index (χ1) is 11.1. The van der Waals surface area contributed by atoms with Crippen molar-refractivity contribution in [2.24, 2.45) is 5.92 Å². The Labute approximate surface area is 134 Å². The molecule has 2 aliphatic rings. The van der Waals surface area contributed by atoms with Crippen molar-refractivity contribution in [2.75, 3.05) is 38.3 Å². The van der Waals surface area contributed by atoms with E-state index in [-0.39, 0.29) is 17.9 Å². The molecule has 122 valence electrons. The van der Waals surface area contributed by atoms with Crippen LogP contribution in [0.4, 0.5) is 5.82 Å². The molecule has 8 heteroatoms. The molecule has 1 unspecified atom stereocenters. The first-order valence-electron chi connectivity index (χ1n) is 7.92. The molecule has 1 amide bonds. The number of hydrogen-bond acceptors (Lipinski definition) is 6. The van der Waals surface area contributed by atoms with Crippen LogP contribution in [0.1, 0.15) is 12.2 Å². The van der Waals surface area contributed by atoms with Crippen LogP contribution in [0.2, 0.25) is 0 Å². The summed E-state index contributed by atoms with van der Waals surface area (Å²) in [4.78, 5) is 16.4. The highest BCUT2D eigenvalue weighted by Gasteiger charge is 2.36. The summed E-state index contributed by atoms with van der Waals surface area (Å²) >= 11 is 0. The molecular weight excluding hydrogens is 296 g/mol. The number of carbonyl (C=O) groups excluding carboxylic acids is 1. The van der Waals surface area contributed by atoms with Gasteiger partial charge < -0.3 is 14.5 Å². The molecule has 0 aromatic carbocycles. The number of anilines is 1. The smallest absolute Gasteiger partial charge is 0.228 e. The quantitative estimate of drug-likeness (QED) is 0.800. The second-order valence-electron chi connectivity index (χ2n) is 6.28. The van der Waals surface area contributed by atoms with Crippen molar-refractivity contribution < 1.29 is 9.53 Å². The van der Waals surface area contributed by atoms with Gasteiger partial charge in [0.15, 0.2) is 11.5 Å². The zero-order valence-corrected chi connectivity index (χ0v) is 13.3.